The Morgan fingerprint density at radius 2 is 2.30 bits per heavy atom. The van der Waals surface area contributed by atoms with Crippen molar-refractivity contribution in [3.05, 3.63) is 0 Å². The van der Waals surface area contributed by atoms with Crippen molar-refractivity contribution in [1.29, 1.82) is 0 Å². The Labute approximate surface area is 59.8 Å². The van der Waals surface area contributed by atoms with E-state index in [1.807, 2.05) is 0 Å². The summed E-state index contributed by atoms with van der Waals surface area (Å²) >= 11 is 0. The van der Waals surface area contributed by atoms with Crippen LogP contribution in [-0.4, -0.2) is 29.6 Å². The summed E-state index contributed by atoms with van der Waals surface area (Å²) in [4.78, 5) is 10.4. The Kier molecular flexibility index (Phi) is 1.86. The number of carboxylic acid groups (broad SMARTS) is 1. The molecule has 1 saturated heterocycles. The Morgan fingerprint density at radius 3 is 2.50 bits per heavy atom. The van der Waals surface area contributed by atoms with E-state index in [1.54, 1.807) is 6.66 Å². The van der Waals surface area contributed by atoms with Crippen LogP contribution in [0.5, 0.6) is 0 Å². The fourth-order valence-corrected chi connectivity index (χ4v) is 3.70. The molecule has 10 heavy (non-hydrogen) atoms. The quantitative estimate of drug-likeness (QED) is 0.590. The van der Waals surface area contributed by atoms with E-state index in [2.05, 4.69) is 0 Å². The van der Waals surface area contributed by atoms with E-state index in [-0.39, 0.29) is 0 Å². The molecule has 0 saturated carbocycles. The molecule has 0 aromatic carbocycles. The maximum atomic E-state index is 11.4. The Bertz CT molecular complexity index is 199. The zero-order valence-corrected chi connectivity index (χ0v) is 6.80. The number of rotatable bonds is 1. The van der Waals surface area contributed by atoms with Gasteiger partial charge in [0.2, 0.25) is 0 Å². The zero-order valence-electron chi connectivity index (χ0n) is 5.91. The third-order valence-electron chi connectivity index (χ3n) is 2.02. The van der Waals surface area contributed by atoms with Crippen molar-refractivity contribution in [2.45, 2.75) is 18.5 Å². The van der Waals surface area contributed by atoms with Crippen LogP contribution in [0, 0.1) is 0 Å². The lowest BCUT2D eigenvalue weighted by Gasteiger charge is -2.09. The third kappa shape index (κ3) is 1.24. The van der Waals surface area contributed by atoms with Crippen molar-refractivity contribution < 1.29 is 14.5 Å². The lowest BCUT2D eigenvalue weighted by atomic mass is 10.3. The van der Waals surface area contributed by atoms with Crippen LogP contribution in [-0.2, 0) is 9.36 Å². The van der Waals surface area contributed by atoms with Gasteiger partial charge in [-0.1, -0.05) is 0 Å². The fourth-order valence-electron chi connectivity index (χ4n) is 1.38. The molecule has 1 heterocycles. The molecule has 0 radical (unpaired) electrons. The normalized spacial score (nSPS) is 39.9. The number of carbonyl (C=O) groups is 1. The van der Waals surface area contributed by atoms with E-state index in [0.717, 1.165) is 6.42 Å². The molecular formula is C6H11O3P. The molecule has 58 valence electrons. The summed E-state index contributed by atoms with van der Waals surface area (Å²) in [5.41, 5.74) is -0.549. The summed E-state index contributed by atoms with van der Waals surface area (Å²) in [6.07, 6.45) is 2.03. The molecule has 1 N–H and O–H groups in total. The minimum Gasteiger partial charge on any atom is -0.481 e. The van der Waals surface area contributed by atoms with E-state index in [1.165, 1.54) is 0 Å². The van der Waals surface area contributed by atoms with Gasteiger partial charge in [0, 0.05) is 6.16 Å². The van der Waals surface area contributed by atoms with Gasteiger partial charge in [0.1, 0.15) is 5.66 Å². The molecule has 1 rings (SSSR count). The second kappa shape index (κ2) is 2.39. The number of hydrogen-bond acceptors (Lipinski definition) is 2. The predicted octanol–water partition coefficient (Wildman–Crippen LogP) is 1.23. The third-order valence-corrected chi connectivity index (χ3v) is 5.03. The van der Waals surface area contributed by atoms with E-state index in [0.29, 0.717) is 12.6 Å². The van der Waals surface area contributed by atoms with Crippen LogP contribution in [0.15, 0.2) is 0 Å². The summed E-state index contributed by atoms with van der Waals surface area (Å²) in [6, 6.07) is 0. The Balaban J connectivity index is 2.79. The topological polar surface area (TPSA) is 54.4 Å². The van der Waals surface area contributed by atoms with E-state index >= 15 is 0 Å². The van der Waals surface area contributed by atoms with Crippen LogP contribution in [0.4, 0.5) is 0 Å². The smallest absolute Gasteiger partial charge is 0.313 e. The van der Waals surface area contributed by atoms with Gasteiger partial charge in [-0.25, -0.2) is 0 Å². The average Bonchev–Trinajstić information content (AvgIpc) is 2.08. The molecule has 0 bridgehead atoms. The van der Waals surface area contributed by atoms with Crippen molar-refractivity contribution in [1.82, 2.24) is 0 Å². The van der Waals surface area contributed by atoms with Crippen molar-refractivity contribution in [3.63, 3.8) is 0 Å². The van der Waals surface area contributed by atoms with Crippen LogP contribution < -0.4 is 0 Å². The molecule has 1 aliphatic rings. The summed E-state index contributed by atoms with van der Waals surface area (Å²) in [6.45, 7) is 1.60. The minimum absolute atomic E-state index is 0.549. The molecule has 0 amide bonds. The van der Waals surface area contributed by atoms with E-state index < -0.39 is 18.8 Å². The van der Waals surface area contributed by atoms with E-state index in [4.69, 9.17) is 5.11 Å². The SMILES string of the molecule is C[P@@]1(=O)CCC[C@@H]1C(=O)O. The van der Waals surface area contributed by atoms with Gasteiger partial charge >= 0.3 is 5.97 Å². The highest BCUT2D eigenvalue weighted by Gasteiger charge is 2.38. The monoisotopic (exact) mass is 162 g/mol. The molecule has 4 heteroatoms. The highest BCUT2D eigenvalue weighted by Crippen LogP contribution is 2.54. The van der Waals surface area contributed by atoms with E-state index in [9.17, 15) is 9.36 Å². The predicted molar refractivity (Wildman–Crippen MR) is 39.1 cm³/mol. The van der Waals surface area contributed by atoms with Crippen molar-refractivity contribution in [2.24, 2.45) is 0 Å². The minimum atomic E-state index is -2.31. The summed E-state index contributed by atoms with van der Waals surface area (Å²) in [5, 5.41) is 8.58. The zero-order chi connectivity index (χ0) is 7.78. The van der Waals surface area contributed by atoms with Gasteiger partial charge in [-0.05, 0) is 19.5 Å². The molecular weight excluding hydrogens is 151 g/mol. The van der Waals surface area contributed by atoms with Gasteiger partial charge in [0.25, 0.3) is 0 Å². The van der Waals surface area contributed by atoms with Crippen LogP contribution in [0.25, 0.3) is 0 Å². The van der Waals surface area contributed by atoms with Crippen LogP contribution in [0.3, 0.4) is 0 Å². The molecule has 0 spiro atoms. The van der Waals surface area contributed by atoms with Crippen LogP contribution in [0.2, 0.25) is 0 Å². The molecule has 0 aromatic heterocycles. The lowest BCUT2D eigenvalue weighted by molar-refractivity contribution is -0.136. The summed E-state index contributed by atoms with van der Waals surface area (Å²) in [7, 11) is -2.31. The second-order valence-corrected chi connectivity index (χ2v) is 6.31. The van der Waals surface area contributed by atoms with Gasteiger partial charge < -0.3 is 9.67 Å². The maximum absolute atomic E-state index is 11.4. The summed E-state index contributed by atoms with van der Waals surface area (Å²) < 4.78 is 11.4. The standard InChI is InChI=1S/C6H11O3P/c1-10(9)4-2-3-5(10)6(7)8/h5H,2-4H2,1H3,(H,7,8)/t5-,10-/m1/s1. The largest absolute Gasteiger partial charge is 0.481 e. The number of hydrogen-bond donors (Lipinski definition) is 1. The number of aliphatic carboxylic acids is 1. The highest BCUT2D eigenvalue weighted by atomic mass is 31.2. The molecule has 3 nitrogen and oxygen atoms in total. The van der Waals surface area contributed by atoms with Gasteiger partial charge in [-0.3, -0.25) is 4.79 Å². The van der Waals surface area contributed by atoms with Crippen molar-refractivity contribution in [2.75, 3.05) is 12.8 Å². The summed E-state index contributed by atoms with van der Waals surface area (Å²) in [5.74, 6) is -0.886. The second-order valence-electron chi connectivity index (χ2n) is 2.89. The van der Waals surface area contributed by atoms with Gasteiger partial charge in [0.05, 0.1) is 7.14 Å². The first-order valence-corrected chi connectivity index (χ1v) is 5.74. The number of carboxylic acids is 1. The molecule has 0 unspecified atom stereocenters. The highest BCUT2D eigenvalue weighted by molar-refractivity contribution is 7.65. The van der Waals surface area contributed by atoms with Gasteiger partial charge in [-0.2, -0.15) is 0 Å². The van der Waals surface area contributed by atoms with Crippen LogP contribution in [0.1, 0.15) is 12.8 Å². The van der Waals surface area contributed by atoms with Crippen molar-refractivity contribution in [3.8, 4) is 0 Å². The molecule has 0 aliphatic carbocycles. The average molecular weight is 162 g/mol. The lowest BCUT2D eigenvalue weighted by Crippen LogP contribution is -2.15. The van der Waals surface area contributed by atoms with Crippen LogP contribution >= 0.6 is 7.14 Å². The molecule has 1 aliphatic heterocycles. The van der Waals surface area contributed by atoms with Gasteiger partial charge in [0.15, 0.2) is 0 Å². The van der Waals surface area contributed by atoms with Crippen molar-refractivity contribution >= 4 is 13.1 Å². The van der Waals surface area contributed by atoms with Gasteiger partial charge in [-0.15, -0.1) is 0 Å². The maximum Gasteiger partial charge on any atom is 0.313 e. The molecule has 0 aromatic rings. The first-order valence-electron chi connectivity index (χ1n) is 3.33. The Morgan fingerprint density at radius 1 is 1.70 bits per heavy atom. The Hall–Kier alpha value is -0.300. The first kappa shape index (κ1) is 7.80. The fraction of sp³-hybridized carbons (Fsp3) is 0.833. The molecule has 1 fully saturated rings. The first-order chi connectivity index (χ1) is 4.54. The molecule has 2 atom stereocenters.